The lowest BCUT2D eigenvalue weighted by atomic mass is 10.0. The summed E-state index contributed by atoms with van der Waals surface area (Å²) in [5.41, 5.74) is 2.50. The predicted octanol–water partition coefficient (Wildman–Crippen LogP) is 6.03. The first-order valence-electron chi connectivity index (χ1n) is 15.1. The zero-order chi connectivity index (χ0) is 34.1. The van der Waals surface area contributed by atoms with E-state index in [-0.39, 0.29) is 41.2 Å². The molecule has 0 heterocycles. The first-order valence-corrected chi connectivity index (χ1v) is 16.9. The number of hydrogen-bond acceptors (Lipinski definition) is 6. The van der Waals surface area contributed by atoms with Crippen LogP contribution in [0.25, 0.3) is 0 Å². The molecular weight excluding hydrogens is 638 g/mol. The van der Waals surface area contributed by atoms with Crippen LogP contribution in [0.5, 0.6) is 11.5 Å². The fourth-order valence-corrected chi connectivity index (χ4v) is 6.69. The van der Waals surface area contributed by atoms with E-state index in [1.807, 2.05) is 51.1 Å². The molecule has 0 fully saturated rings. The molecule has 1 N–H and O–H groups in total. The number of ether oxygens (including phenoxy) is 2. The third-order valence-electron chi connectivity index (χ3n) is 7.54. The maximum atomic E-state index is 14.6. The van der Waals surface area contributed by atoms with Crippen LogP contribution in [0.1, 0.15) is 30.5 Å². The van der Waals surface area contributed by atoms with Crippen LogP contribution in [0.4, 0.5) is 5.69 Å². The summed E-state index contributed by atoms with van der Waals surface area (Å²) in [6, 6.07) is 26.2. The van der Waals surface area contributed by atoms with E-state index in [4.69, 9.17) is 21.1 Å². The molecule has 0 aliphatic carbocycles. The number of nitrogens with one attached hydrogen (secondary N) is 1. The minimum atomic E-state index is -4.29. The van der Waals surface area contributed by atoms with Crippen LogP contribution in [0.3, 0.4) is 0 Å². The van der Waals surface area contributed by atoms with Crippen molar-refractivity contribution in [1.82, 2.24) is 10.2 Å². The van der Waals surface area contributed by atoms with Crippen molar-refractivity contribution in [2.45, 2.75) is 50.7 Å². The Labute approximate surface area is 282 Å². The highest BCUT2D eigenvalue weighted by Gasteiger charge is 2.35. The van der Waals surface area contributed by atoms with E-state index in [1.54, 1.807) is 48.5 Å². The van der Waals surface area contributed by atoms with Gasteiger partial charge >= 0.3 is 0 Å². The minimum Gasteiger partial charge on any atom is -0.493 e. The van der Waals surface area contributed by atoms with Gasteiger partial charge in [-0.25, -0.2) is 8.42 Å². The highest BCUT2D eigenvalue weighted by atomic mass is 35.5. The molecule has 0 saturated heterocycles. The Hall–Kier alpha value is -4.54. The fraction of sp³-hybridized carbons (Fsp3) is 0.278. The van der Waals surface area contributed by atoms with Gasteiger partial charge in [-0.15, -0.1) is 0 Å². The second-order valence-corrected chi connectivity index (χ2v) is 13.6. The maximum Gasteiger partial charge on any atom is 0.264 e. The number of hydrogen-bond donors (Lipinski definition) is 1. The SMILES string of the molecule is COc1ccc(N(CC(=O)N(Cc2ccccc2Cl)C(Cc2ccccc2)C(=O)NC(C)C)S(=O)(=O)c2ccc(C)cc2)cc1OC. The highest BCUT2D eigenvalue weighted by molar-refractivity contribution is 7.92. The van der Waals surface area contributed by atoms with Gasteiger partial charge in [0.05, 0.1) is 24.8 Å². The Morgan fingerprint density at radius 3 is 2.11 bits per heavy atom. The van der Waals surface area contributed by atoms with Crippen LogP contribution >= 0.6 is 11.6 Å². The van der Waals surface area contributed by atoms with Crippen molar-refractivity contribution in [2.24, 2.45) is 0 Å². The van der Waals surface area contributed by atoms with Gasteiger partial charge in [-0.05, 0) is 62.2 Å². The molecular formula is C36H40ClN3O6S. The number of rotatable bonds is 14. The van der Waals surface area contributed by atoms with Gasteiger partial charge in [-0.2, -0.15) is 0 Å². The lowest BCUT2D eigenvalue weighted by Crippen LogP contribution is -2.54. The van der Waals surface area contributed by atoms with Crippen molar-refractivity contribution >= 4 is 39.1 Å². The molecule has 11 heteroatoms. The summed E-state index contributed by atoms with van der Waals surface area (Å²) in [4.78, 5) is 29.9. The molecule has 4 aromatic rings. The van der Waals surface area contributed by atoms with Crippen molar-refractivity contribution < 1.29 is 27.5 Å². The van der Waals surface area contributed by atoms with E-state index in [9.17, 15) is 18.0 Å². The second kappa shape index (κ2) is 15.8. The van der Waals surface area contributed by atoms with Gasteiger partial charge in [-0.1, -0.05) is 77.8 Å². The van der Waals surface area contributed by atoms with Crippen molar-refractivity contribution in [3.05, 3.63) is 119 Å². The first kappa shape index (κ1) is 35.3. The van der Waals surface area contributed by atoms with E-state index in [0.29, 0.717) is 16.3 Å². The van der Waals surface area contributed by atoms with Crippen molar-refractivity contribution in [2.75, 3.05) is 25.1 Å². The third kappa shape index (κ3) is 8.84. The molecule has 9 nitrogen and oxygen atoms in total. The Kier molecular flexibility index (Phi) is 11.9. The van der Waals surface area contributed by atoms with E-state index in [2.05, 4.69) is 5.32 Å². The Morgan fingerprint density at radius 1 is 0.851 bits per heavy atom. The van der Waals surface area contributed by atoms with Crippen molar-refractivity contribution in [1.29, 1.82) is 0 Å². The number of carbonyl (C=O) groups is 2. The summed E-state index contributed by atoms with van der Waals surface area (Å²) in [5, 5.41) is 3.36. The average Bonchev–Trinajstić information content (AvgIpc) is 3.05. The molecule has 47 heavy (non-hydrogen) atoms. The van der Waals surface area contributed by atoms with E-state index in [1.165, 1.54) is 37.3 Å². The number of nitrogens with zero attached hydrogens (tertiary/aromatic N) is 2. The van der Waals surface area contributed by atoms with Gasteiger partial charge in [0.2, 0.25) is 11.8 Å². The number of anilines is 1. The number of carbonyl (C=O) groups excluding carboxylic acids is 2. The lowest BCUT2D eigenvalue weighted by Gasteiger charge is -2.34. The van der Waals surface area contributed by atoms with Gasteiger partial charge in [0.1, 0.15) is 12.6 Å². The predicted molar refractivity (Wildman–Crippen MR) is 184 cm³/mol. The molecule has 248 valence electrons. The summed E-state index contributed by atoms with van der Waals surface area (Å²) in [6.07, 6.45) is 0.191. The number of aryl methyl sites for hydroxylation is 1. The first-order chi connectivity index (χ1) is 22.4. The average molecular weight is 678 g/mol. The van der Waals surface area contributed by atoms with Crippen LogP contribution in [0.2, 0.25) is 5.02 Å². The van der Waals surface area contributed by atoms with Gasteiger partial charge in [-0.3, -0.25) is 13.9 Å². The third-order valence-corrected chi connectivity index (χ3v) is 9.70. The number of sulfonamides is 1. The van der Waals surface area contributed by atoms with Crippen LogP contribution in [-0.4, -0.2) is 58.0 Å². The van der Waals surface area contributed by atoms with E-state index in [0.717, 1.165) is 15.4 Å². The van der Waals surface area contributed by atoms with E-state index >= 15 is 0 Å². The summed E-state index contributed by atoms with van der Waals surface area (Å²) in [5.74, 6) is -0.296. The zero-order valence-corrected chi connectivity index (χ0v) is 28.7. The summed E-state index contributed by atoms with van der Waals surface area (Å²) in [7, 11) is -1.37. The molecule has 4 rings (SSSR count). The summed E-state index contributed by atoms with van der Waals surface area (Å²) < 4.78 is 40.5. The molecule has 0 radical (unpaired) electrons. The number of halogens is 1. The van der Waals surface area contributed by atoms with Gasteiger partial charge in [0.25, 0.3) is 10.0 Å². The molecule has 0 aromatic heterocycles. The maximum absolute atomic E-state index is 14.6. The number of methoxy groups -OCH3 is 2. The normalized spacial score (nSPS) is 11.9. The van der Waals surface area contributed by atoms with Crippen LogP contribution in [-0.2, 0) is 32.6 Å². The van der Waals surface area contributed by atoms with Crippen molar-refractivity contribution in [3.8, 4) is 11.5 Å². The largest absolute Gasteiger partial charge is 0.493 e. The second-order valence-electron chi connectivity index (χ2n) is 11.3. The zero-order valence-electron chi connectivity index (χ0n) is 27.1. The molecule has 0 bridgehead atoms. The molecule has 2 amide bonds. The fourth-order valence-electron chi connectivity index (χ4n) is 5.09. The standard InChI is InChI=1S/C36H40ClN3O6S/c1-25(2)38-36(42)32(21-27-11-7-6-8-12-27)39(23-28-13-9-10-14-31(28)37)35(41)24-40(29-17-20-33(45-4)34(22-29)46-5)47(43,44)30-18-15-26(3)16-19-30/h6-20,22,25,32H,21,23-24H2,1-5H3,(H,38,42). The molecule has 0 aliphatic rings. The van der Waals surface area contributed by atoms with Crippen LogP contribution < -0.4 is 19.1 Å². The Morgan fingerprint density at radius 2 is 1.49 bits per heavy atom. The lowest BCUT2D eigenvalue weighted by molar-refractivity contribution is -0.140. The summed E-state index contributed by atoms with van der Waals surface area (Å²) in [6.45, 7) is 4.88. The molecule has 1 atom stereocenters. The molecule has 1 unspecified atom stereocenters. The minimum absolute atomic E-state index is 0.00160. The van der Waals surface area contributed by atoms with Gasteiger partial charge < -0.3 is 19.7 Å². The van der Waals surface area contributed by atoms with Crippen LogP contribution in [0, 0.1) is 6.92 Å². The quantitative estimate of drug-likeness (QED) is 0.175. The van der Waals surface area contributed by atoms with Gasteiger partial charge in [0, 0.05) is 30.1 Å². The molecule has 0 spiro atoms. The molecule has 0 aliphatic heterocycles. The number of benzene rings is 4. The topological polar surface area (TPSA) is 105 Å². The van der Waals surface area contributed by atoms with Crippen LogP contribution in [0.15, 0.2) is 102 Å². The Bertz CT molecular complexity index is 1780. The van der Waals surface area contributed by atoms with Crippen molar-refractivity contribution in [3.63, 3.8) is 0 Å². The highest BCUT2D eigenvalue weighted by Crippen LogP contribution is 2.34. The molecule has 4 aromatic carbocycles. The monoisotopic (exact) mass is 677 g/mol. The van der Waals surface area contributed by atoms with Gasteiger partial charge in [0.15, 0.2) is 11.5 Å². The Balaban J connectivity index is 1.85. The summed E-state index contributed by atoms with van der Waals surface area (Å²) >= 11 is 6.56. The smallest absolute Gasteiger partial charge is 0.264 e. The van der Waals surface area contributed by atoms with E-state index < -0.39 is 28.5 Å². The molecule has 0 saturated carbocycles. The number of amides is 2.